The molecule has 2 atom stereocenters. The van der Waals surface area contributed by atoms with E-state index in [4.69, 9.17) is 23.2 Å². The number of Topliss-reactive ketones (excluding diaryl/α,β-unsaturated/α-hetero) is 2. The van der Waals surface area contributed by atoms with Gasteiger partial charge in [-0.3, -0.25) is 9.59 Å². The van der Waals surface area contributed by atoms with Crippen LogP contribution in [-0.4, -0.2) is 11.6 Å². The minimum absolute atomic E-state index is 0.00386. The van der Waals surface area contributed by atoms with E-state index in [1.165, 1.54) is 0 Å². The lowest BCUT2D eigenvalue weighted by atomic mass is 9.75. The molecule has 0 N–H and O–H groups in total. The van der Waals surface area contributed by atoms with Crippen molar-refractivity contribution in [3.05, 3.63) is 33.8 Å². The minimum atomic E-state index is -0.134. The normalized spacial score (nSPS) is 25.1. The molecule has 17 heavy (non-hydrogen) atoms. The van der Waals surface area contributed by atoms with Gasteiger partial charge in [0.25, 0.3) is 0 Å². The molecule has 1 aromatic carbocycles. The molecule has 2 rings (SSSR count). The highest BCUT2D eigenvalue weighted by molar-refractivity contribution is 6.42. The van der Waals surface area contributed by atoms with E-state index in [1.54, 1.807) is 12.1 Å². The highest BCUT2D eigenvalue weighted by atomic mass is 35.5. The van der Waals surface area contributed by atoms with Crippen molar-refractivity contribution in [3.8, 4) is 0 Å². The smallest absolute Gasteiger partial charge is 0.143 e. The third-order valence-electron chi connectivity index (χ3n) is 3.30. The summed E-state index contributed by atoms with van der Waals surface area (Å²) in [5, 5.41) is 0.943. The molecule has 2 nitrogen and oxygen atoms in total. The summed E-state index contributed by atoms with van der Waals surface area (Å²) in [7, 11) is 0. The van der Waals surface area contributed by atoms with E-state index in [-0.39, 0.29) is 29.8 Å². The Kier molecular flexibility index (Phi) is 3.55. The van der Waals surface area contributed by atoms with Gasteiger partial charge in [0.2, 0.25) is 0 Å². The first-order chi connectivity index (χ1) is 7.99. The summed E-state index contributed by atoms with van der Waals surface area (Å²) in [4.78, 5) is 23.1. The molecule has 0 spiro atoms. The second kappa shape index (κ2) is 4.79. The lowest BCUT2D eigenvalue weighted by Gasteiger charge is -2.27. The third-order valence-corrected chi connectivity index (χ3v) is 4.04. The maximum Gasteiger partial charge on any atom is 0.143 e. The Morgan fingerprint density at radius 3 is 2.53 bits per heavy atom. The SMILES string of the molecule is C[C@H]1C(=O)CC(=O)C[C@H]1c1ccc(Cl)c(Cl)c1. The number of ketones is 2. The van der Waals surface area contributed by atoms with Crippen molar-refractivity contribution >= 4 is 34.8 Å². The average molecular weight is 271 g/mol. The summed E-state index contributed by atoms with van der Waals surface area (Å²) in [6.07, 6.45) is 0.476. The fourth-order valence-electron chi connectivity index (χ4n) is 2.22. The van der Waals surface area contributed by atoms with E-state index < -0.39 is 0 Å². The van der Waals surface area contributed by atoms with E-state index in [1.807, 2.05) is 13.0 Å². The van der Waals surface area contributed by atoms with Gasteiger partial charge in [-0.25, -0.2) is 0 Å². The van der Waals surface area contributed by atoms with Crippen molar-refractivity contribution in [2.45, 2.75) is 25.7 Å². The molecule has 0 saturated heterocycles. The van der Waals surface area contributed by atoms with Crippen LogP contribution in [0.2, 0.25) is 10.0 Å². The Hall–Kier alpha value is -0.860. The van der Waals surface area contributed by atoms with Crippen LogP contribution in [0.4, 0.5) is 0 Å². The fraction of sp³-hybridized carbons (Fsp3) is 0.385. The van der Waals surface area contributed by atoms with E-state index >= 15 is 0 Å². The molecule has 1 aliphatic rings. The van der Waals surface area contributed by atoms with Crippen molar-refractivity contribution in [1.82, 2.24) is 0 Å². The summed E-state index contributed by atoms with van der Waals surface area (Å²) in [6, 6.07) is 5.29. The van der Waals surface area contributed by atoms with Gasteiger partial charge in [0.1, 0.15) is 11.6 Å². The highest BCUT2D eigenvalue weighted by Gasteiger charge is 2.33. The van der Waals surface area contributed by atoms with E-state index in [0.717, 1.165) is 5.56 Å². The van der Waals surface area contributed by atoms with Crippen LogP contribution in [0.5, 0.6) is 0 Å². The van der Waals surface area contributed by atoms with Crippen molar-refractivity contribution in [2.75, 3.05) is 0 Å². The Bertz CT molecular complexity index is 482. The van der Waals surface area contributed by atoms with Gasteiger partial charge in [0.15, 0.2) is 0 Å². The van der Waals surface area contributed by atoms with Gasteiger partial charge < -0.3 is 0 Å². The third kappa shape index (κ3) is 2.53. The molecule has 1 aliphatic carbocycles. The molecule has 1 saturated carbocycles. The van der Waals surface area contributed by atoms with Crippen molar-refractivity contribution in [2.24, 2.45) is 5.92 Å². The quantitative estimate of drug-likeness (QED) is 0.731. The van der Waals surface area contributed by atoms with Crippen LogP contribution in [0.25, 0.3) is 0 Å². The zero-order valence-corrected chi connectivity index (χ0v) is 10.9. The van der Waals surface area contributed by atoms with Gasteiger partial charge in [-0.05, 0) is 17.7 Å². The molecule has 4 heteroatoms. The first kappa shape index (κ1) is 12.6. The molecule has 0 bridgehead atoms. The van der Waals surface area contributed by atoms with Gasteiger partial charge in [-0.15, -0.1) is 0 Å². The van der Waals surface area contributed by atoms with E-state index in [9.17, 15) is 9.59 Å². The van der Waals surface area contributed by atoms with Crippen LogP contribution >= 0.6 is 23.2 Å². The summed E-state index contributed by atoms with van der Waals surface area (Å²) in [5.41, 5.74) is 0.910. The Morgan fingerprint density at radius 1 is 1.18 bits per heavy atom. The summed E-state index contributed by atoms with van der Waals surface area (Å²) >= 11 is 11.8. The summed E-state index contributed by atoms with van der Waals surface area (Å²) in [5.74, 6) is -0.190. The molecule has 0 amide bonds. The summed E-state index contributed by atoms with van der Waals surface area (Å²) < 4.78 is 0. The van der Waals surface area contributed by atoms with Crippen molar-refractivity contribution in [1.29, 1.82) is 0 Å². The standard InChI is InChI=1S/C13H12Cl2O2/c1-7-10(5-9(16)6-13(7)17)8-2-3-11(14)12(15)4-8/h2-4,7,10H,5-6H2,1H3/t7-,10-/m1/s1. The van der Waals surface area contributed by atoms with Gasteiger partial charge in [-0.1, -0.05) is 36.2 Å². The number of carbonyl (C=O) groups excluding carboxylic acids is 2. The molecular weight excluding hydrogens is 259 g/mol. The lowest BCUT2D eigenvalue weighted by molar-refractivity contribution is -0.133. The van der Waals surface area contributed by atoms with Crippen molar-refractivity contribution < 1.29 is 9.59 Å². The highest BCUT2D eigenvalue weighted by Crippen LogP contribution is 2.36. The van der Waals surface area contributed by atoms with Gasteiger partial charge in [-0.2, -0.15) is 0 Å². The first-order valence-corrected chi connectivity index (χ1v) is 6.24. The predicted molar refractivity (Wildman–Crippen MR) is 67.6 cm³/mol. The number of hydrogen-bond acceptors (Lipinski definition) is 2. The van der Waals surface area contributed by atoms with Crippen molar-refractivity contribution in [3.63, 3.8) is 0 Å². The van der Waals surface area contributed by atoms with E-state index in [0.29, 0.717) is 16.5 Å². The van der Waals surface area contributed by atoms with Gasteiger partial charge >= 0.3 is 0 Å². The molecule has 1 aromatic rings. The summed E-state index contributed by atoms with van der Waals surface area (Å²) in [6.45, 7) is 1.86. The molecule has 90 valence electrons. The fourth-order valence-corrected chi connectivity index (χ4v) is 2.53. The van der Waals surface area contributed by atoms with Gasteiger partial charge in [0, 0.05) is 18.3 Å². The zero-order valence-electron chi connectivity index (χ0n) is 9.37. The van der Waals surface area contributed by atoms with Crippen LogP contribution < -0.4 is 0 Å². The number of benzene rings is 1. The van der Waals surface area contributed by atoms with Gasteiger partial charge in [0.05, 0.1) is 16.5 Å². The molecule has 0 unspecified atom stereocenters. The minimum Gasteiger partial charge on any atom is -0.299 e. The maximum absolute atomic E-state index is 11.7. The molecule has 0 aromatic heterocycles. The average Bonchev–Trinajstić information content (AvgIpc) is 2.27. The second-order valence-corrected chi connectivity index (χ2v) is 5.27. The van der Waals surface area contributed by atoms with Crippen LogP contribution in [-0.2, 0) is 9.59 Å². The molecule has 0 aliphatic heterocycles. The molecule has 1 fully saturated rings. The Morgan fingerprint density at radius 2 is 1.88 bits per heavy atom. The molecule has 0 heterocycles. The zero-order chi connectivity index (χ0) is 12.6. The Balaban J connectivity index is 2.34. The van der Waals surface area contributed by atoms with Crippen LogP contribution in [0.1, 0.15) is 31.2 Å². The predicted octanol–water partition coefficient (Wildman–Crippen LogP) is 3.65. The largest absolute Gasteiger partial charge is 0.299 e. The number of hydrogen-bond donors (Lipinski definition) is 0. The monoisotopic (exact) mass is 270 g/mol. The maximum atomic E-state index is 11.7. The number of carbonyl (C=O) groups is 2. The van der Waals surface area contributed by atoms with Crippen LogP contribution in [0.15, 0.2) is 18.2 Å². The topological polar surface area (TPSA) is 34.1 Å². The molecule has 0 radical (unpaired) electrons. The van der Waals surface area contributed by atoms with Crippen LogP contribution in [0.3, 0.4) is 0 Å². The van der Waals surface area contributed by atoms with E-state index in [2.05, 4.69) is 0 Å². The van der Waals surface area contributed by atoms with Crippen LogP contribution in [0, 0.1) is 5.92 Å². The second-order valence-electron chi connectivity index (χ2n) is 4.45. The number of halogens is 2. The lowest BCUT2D eigenvalue weighted by Crippen LogP contribution is -2.29. The molecular formula is C13H12Cl2O2. The first-order valence-electron chi connectivity index (χ1n) is 5.48. The Labute approximate surface area is 110 Å². The number of rotatable bonds is 1.